The molecule has 1 aromatic heterocycles. The van der Waals surface area contributed by atoms with Crippen LogP contribution in [0.2, 0.25) is 18.1 Å². The van der Waals surface area contributed by atoms with Gasteiger partial charge in [0.2, 0.25) is 5.91 Å². The van der Waals surface area contributed by atoms with Crippen molar-refractivity contribution in [3.05, 3.63) is 139 Å². The number of ether oxygens (including phenoxy) is 1. The number of amides is 1. The van der Waals surface area contributed by atoms with E-state index in [1.165, 1.54) is 6.08 Å². The van der Waals surface area contributed by atoms with E-state index in [-0.39, 0.29) is 28.8 Å². The molecule has 1 aliphatic carbocycles. The van der Waals surface area contributed by atoms with Crippen molar-refractivity contribution in [1.29, 1.82) is 0 Å². The highest BCUT2D eigenvalue weighted by Gasteiger charge is 2.60. The highest BCUT2D eigenvalue weighted by molar-refractivity contribution is 7.96. The zero-order chi connectivity index (χ0) is 39.4. The minimum absolute atomic E-state index is 0.00281. The number of Topliss-reactive ketones (excluding diaryl/α,β-unsaturated/α-hetero) is 1. The van der Waals surface area contributed by atoms with Gasteiger partial charge in [-0.05, 0) is 89.6 Å². The van der Waals surface area contributed by atoms with Gasteiger partial charge in [0.15, 0.2) is 14.1 Å². The van der Waals surface area contributed by atoms with Gasteiger partial charge < -0.3 is 14.1 Å². The van der Waals surface area contributed by atoms with Crippen molar-refractivity contribution in [2.45, 2.75) is 77.2 Å². The van der Waals surface area contributed by atoms with E-state index in [0.29, 0.717) is 18.4 Å². The first-order valence-corrected chi connectivity index (χ1v) is 23.9. The average Bonchev–Trinajstić information content (AvgIpc) is 3.18. The predicted molar refractivity (Wildman–Crippen MR) is 228 cm³/mol. The number of hydrogen-bond donors (Lipinski definition) is 0. The van der Waals surface area contributed by atoms with Crippen LogP contribution >= 0.6 is 6.89 Å². The second-order valence-electron chi connectivity index (χ2n) is 16.0. The third kappa shape index (κ3) is 7.78. The van der Waals surface area contributed by atoms with Gasteiger partial charge >= 0.3 is 5.97 Å². The molecule has 0 unspecified atom stereocenters. The normalized spacial score (nSPS) is 20.4. The number of carbonyl (C=O) groups is 3. The molecule has 1 amide bonds. The molecule has 0 radical (unpaired) electrons. The molecule has 0 N–H and O–H groups in total. The van der Waals surface area contributed by atoms with E-state index in [2.05, 4.69) is 45.4 Å². The number of ketones is 1. The Morgan fingerprint density at radius 2 is 1.44 bits per heavy atom. The van der Waals surface area contributed by atoms with Gasteiger partial charge in [0, 0.05) is 25.2 Å². The molecule has 2 fully saturated rings. The van der Waals surface area contributed by atoms with E-state index < -0.39 is 45.2 Å². The number of esters is 1. The van der Waals surface area contributed by atoms with Crippen LogP contribution in [-0.4, -0.2) is 60.0 Å². The summed E-state index contributed by atoms with van der Waals surface area (Å²) >= 11 is 0. The Kier molecular flexibility index (Phi) is 12.1. The standard InChI is InChI=1S/C46H53N2O5PSi/c1-8-31-52-45(51)44(54(36-20-12-9-13-21-36,37-22-14-10-15-23-37)38-24-16-11-17-25-38)48-41(40(43(48)50)33(2)53-55(6,7)46(3,4)5)39-26-18-19-35(42(39)49)32-34-27-29-47-30-28-34/h8-17,20-25,27-30,32-33,39-41H,1,18-19,26,31H2,2-7H3/t33-,39-,40-,41-/m1/s1. The van der Waals surface area contributed by atoms with Crippen molar-refractivity contribution in [3.8, 4) is 0 Å². The molecular weight excluding hydrogens is 720 g/mol. The molecule has 9 heteroatoms. The summed E-state index contributed by atoms with van der Waals surface area (Å²) in [6, 6.07) is 33.0. The van der Waals surface area contributed by atoms with Crippen LogP contribution in [0.25, 0.3) is 6.08 Å². The number of allylic oxidation sites excluding steroid dienone is 1. The molecule has 2 heterocycles. The maximum Gasteiger partial charge on any atom is 0.356 e. The largest absolute Gasteiger partial charge is 0.457 e. The third-order valence-electron chi connectivity index (χ3n) is 11.5. The number of pyridine rings is 1. The number of β-lactam (4-membered cyclic amide) rings is 1. The molecule has 1 saturated carbocycles. The van der Waals surface area contributed by atoms with Crippen LogP contribution in [0, 0.1) is 11.8 Å². The molecule has 0 spiro atoms. The molecule has 7 nitrogen and oxygen atoms in total. The molecule has 3 aromatic carbocycles. The van der Waals surface area contributed by atoms with Crippen LogP contribution in [0.1, 0.15) is 52.5 Å². The number of rotatable bonds is 12. The quantitative estimate of drug-likeness (QED) is 0.0364. The van der Waals surface area contributed by atoms with Crippen molar-refractivity contribution in [1.82, 2.24) is 9.88 Å². The first-order valence-electron chi connectivity index (χ1n) is 19.2. The Bertz CT molecular complexity index is 1990. The molecular formula is C46H53N2O5PSi. The number of hydrogen-bond acceptors (Lipinski definition) is 6. The van der Waals surface area contributed by atoms with Gasteiger partial charge in [-0.25, -0.2) is 4.79 Å². The Labute approximate surface area is 327 Å². The van der Waals surface area contributed by atoms with Gasteiger partial charge in [-0.15, -0.1) is 0 Å². The molecule has 4 aromatic rings. The van der Waals surface area contributed by atoms with Gasteiger partial charge in [0.1, 0.15) is 12.0 Å². The fourth-order valence-corrected chi connectivity index (χ4v) is 13.7. The van der Waals surface area contributed by atoms with E-state index in [1.807, 2.05) is 116 Å². The van der Waals surface area contributed by atoms with Gasteiger partial charge in [-0.3, -0.25) is 14.6 Å². The fourth-order valence-electron chi connectivity index (χ4n) is 7.90. The number of benzene rings is 3. The van der Waals surface area contributed by atoms with Crippen LogP contribution < -0.4 is 15.9 Å². The summed E-state index contributed by atoms with van der Waals surface area (Å²) in [7, 11) is -2.36. The molecule has 4 atom stereocenters. The minimum Gasteiger partial charge on any atom is -0.457 e. The Morgan fingerprint density at radius 3 is 1.93 bits per heavy atom. The molecule has 55 heavy (non-hydrogen) atoms. The van der Waals surface area contributed by atoms with Crippen LogP contribution in [-0.2, 0) is 23.5 Å². The summed E-state index contributed by atoms with van der Waals surface area (Å²) < 4.78 is 13.0. The van der Waals surface area contributed by atoms with Crippen LogP contribution in [0.3, 0.4) is 0 Å². The summed E-state index contributed by atoms with van der Waals surface area (Å²) in [5.74, 6) is -2.06. The lowest BCUT2D eigenvalue weighted by molar-refractivity contribution is -0.162. The third-order valence-corrected chi connectivity index (χ3v) is 20.4. The summed E-state index contributed by atoms with van der Waals surface area (Å²) in [4.78, 5) is 51.1. The van der Waals surface area contributed by atoms with Crippen molar-refractivity contribution >= 4 is 60.3 Å². The Balaban J connectivity index is 1.66. The second kappa shape index (κ2) is 16.6. The molecule has 1 aliphatic heterocycles. The van der Waals surface area contributed by atoms with Crippen LogP contribution in [0.15, 0.2) is 134 Å². The minimum atomic E-state index is -3.17. The van der Waals surface area contributed by atoms with Crippen LogP contribution in [0.5, 0.6) is 0 Å². The second-order valence-corrected chi connectivity index (χ2v) is 24.1. The van der Waals surface area contributed by atoms with Gasteiger partial charge in [0.05, 0.1) is 18.1 Å². The summed E-state index contributed by atoms with van der Waals surface area (Å²) in [5.41, 5.74) is 1.88. The van der Waals surface area contributed by atoms with Crippen LogP contribution in [0.4, 0.5) is 0 Å². The first kappa shape index (κ1) is 40.1. The van der Waals surface area contributed by atoms with E-state index in [0.717, 1.165) is 27.9 Å². The number of likely N-dealkylation sites (tertiary alicyclic amines) is 1. The summed E-state index contributed by atoms with van der Waals surface area (Å²) in [6.07, 6.45) is 8.40. The molecule has 2 aliphatic rings. The Morgan fingerprint density at radius 1 is 0.909 bits per heavy atom. The maximum absolute atomic E-state index is 15.3. The zero-order valence-corrected chi connectivity index (χ0v) is 34.7. The van der Waals surface area contributed by atoms with E-state index >= 15 is 9.59 Å². The van der Waals surface area contributed by atoms with Crippen molar-refractivity contribution in [2.75, 3.05) is 6.61 Å². The summed E-state index contributed by atoms with van der Waals surface area (Å²) in [5, 5.41) is 2.58. The summed E-state index contributed by atoms with van der Waals surface area (Å²) in [6.45, 7) is 13.5. The maximum atomic E-state index is 15.3. The lowest BCUT2D eigenvalue weighted by atomic mass is 9.69. The SMILES string of the molecule is C=CCOC(=O)C(N1C(=O)[C@H]([C@@H](C)O[Si](C)(C)C(C)(C)C)[C@H]1[C@H]1CCCC(=Cc2ccncc2)C1=O)=P(c1ccccc1)(c1ccccc1)c1ccccc1. The van der Waals surface area contributed by atoms with E-state index in [4.69, 9.17) is 9.16 Å². The van der Waals surface area contributed by atoms with E-state index in [9.17, 15) is 4.79 Å². The zero-order valence-electron chi connectivity index (χ0n) is 32.9. The van der Waals surface area contributed by atoms with E-state index in [1.54, 1.807) is 17.3 Å². The topological polar surface area (TPSA) is 85.8 Å². The molecule has 1 saturated heterocycles. The molecule has 6 rings (SSSR count). The van der Waals surface area contributed by atoms with Crippen molar-refractivity contribution in [2.24, 2.45) is 11.8 Å². The highest BCUT2D eigenvalue weighted by atomic mass is 31.2. The number of aromatic nitrogens is 1. The molecule has 0 bridgehead atoms. The van der Waals surface area contributed by atoms with Gasteiger partial charge in [-0.1, -0.05) is 124 Å². The monoisotopic (exact) mass is 772 g/mol. The smallest absolute Gasteiger partial charge is 0.356 e. The van der Waals surface area contributed by atoms with Crippen molar-refractivity contribution in [3.63, 3.8) is 0 Å². The number of carbonyl (C=O) groups excluding carboxylic acids is 3. The van der Waals surface area contributed by atoms with Crippen molar-refractivity contribution < 1.29 is 23.5 Å². The first-order chi connectivity index (χ1) is 26.3. The predicted octanol–water partition coefficient (Wildman–Crippen LogP) is 7.92. The Hall–Kier alpha value is -4.62. The molecule has 286 valence electrons. The highest BCUT2D eigenvalue weighted by Crippen LogP contribution is 2.52. The fraction of sp³-hybridized carbons (Fsp3) is 0.326. The number of nitrogens with zero attached hydrogens (tertiary/aromatic N) is 2. The van der Waals surface area contributed by atoms with Gasteiger partial charge in [-0.2, -0.15) is 0 Å². The lowest BCUT2D eigenvalue weighted by Crippen LogP contribution is -2.72. The lowest BCUT2D eigenvalue weighted by Gasteiger charge is -2.55. The van der Waals surface area contributed by atoms with Gasteiger partial charge in [0.25, 0.3) is 0 Å². The average molecular weight is 773 g/mol.